The summed E-state index contributed by atoms with van der Waals surface area (Å²) in [7, 11) is 1.73. The molecule has 1 amide bonds. The summed E-state index contributed by atoms with van der Waals surface area (Å²) in [5.74, 6) is 0.910. The number of ether oxygens (including phenoxy) is 1. The van der Waals surface area contributed by atoms with E-state index in [1.807, 2.05) is 0 Å². The van der Waals surface area contributed by atoms with Gasteiger partial charge in [-0.25, -0.2) is 0 Å². The van der Waals surface area contributed by atoms with E-state index in [1.54, 1.807) is 7.11 Å². The number of H-pyrrole nitrogens is 1. The first kappa shape index (κ1) is 21.4. The molecule has 1 aromatic carbocycles. The van der Waals surface area contributed by atoms with E-state index in [0.29, 0.717) is 37.4 Å². The van der Waals surface area contributed by atoms with E-state index >= 15 is 0 Å². The van der Waals surface area contributed by atoms with E-state index in [0.717, 1.165) is 19.4 Å². The number of nitrogens with zero attached hydrogens (tertiary/aromatic N) is 2. The minimum absolute atomic E-state index is 0.292. The average Bonchev–Trinajstić information content (AvgIpc) is 3.20. The zero-order chi connectivity index (χ0) is 20.8. The summed E-state index contributed by atoms with van der Waals surface area (Å²) in [5, 5.41) is 1.28. The van der Waals surface area contributed by atoms with Crippen molar-refractivity contribution in [2.45, 2.75) is 57.4 Å². The summed E-state index contributed by atoms with van der Waals surface area (Å²) in [5.41, 5.74) is 2.49. The quantitative estimate of drug-likeness (QED) is 0.672. The first-order chi connectivity index (χ1) is 14.8. The fourth-order valence-corrected chi connectivity index (χ4v) is 5.52. The Labute approximate surface area is 180 Å². The third-order valence-electron chi connectivity index (χ3n) is 7.11. The number of fused-ring (bicyclic) bond motifs is 2. The standard InChI is InChI=1S/C25H37N3O2/c1-30-17-16-28(19-21-9-7-15-27-14-5-4-12-24(21)27)25(29)13-6-8-20-18-26-23-11-3-2-10-22(20)23/h2-3,10-11,18,21,24,26H,4-9,12-17,19H2,1H3. The van der Waals surface area contributed by atoms with E-state index in [2.05, 4.69) is 45.2 Å². The molecular formula is C25H37N3O2. The minimum Gasteiger partial charge on any atom is -0.383 e. The van der Waals surface area contributed by atoms with Crippen molar-refractivity contribution in [2.75, 3.05) is 39.9 Å². The topological polar surface area (TPSA) is 48.6 Å². The third kappa shape index (κ3) is 5.06. The van der Waals surface area contributed by atoms with E-state index < -0.39 is 0 Å². The van der Waals surface area contributed by atoms with Crippen LogP contribution in [0.5, 0.6) is 0 Å². The van der Waals surface area contributed by atoms with Crippen molar-refractivity contribution < 1.29 is 9.53 Å². The van der Waals surface area contributed by atoms with Crippen LogP contribution >= 0.6 is 0 Å². The van der Waals surface area contributed by atoms with Crippen LogP contribution in [0.1, 0.15) is 50.5 Å². The minimum atomic E-state index is 0.292. The largest absolute Gasteiger partial charge is 0.383 e. The van der Waals surface area contributed by atoms with Gasteiger partial charge in [-0.05, 0) is 69.2 Å². The lowest BCUT2D eigenvalue weighted by Gasteiger charge is -2.45. The Morgan fingerprint density at radius 1 is 1.20 bits per heavy atom. The number of rotatable bonds is 9. The van der Waals surface area contributed by atoms with Crippen LogP contribution in [-0.4, -0.2) is 66.6 Å². The number of amides is 1. The van der Waals surface area contributed by atoms with Gasteiger partial charge in [-0.2, -0.15) is 0 Å². The molecule has 0 bridgehead atoms. The molecule has 4 rings (SSSR count). The fraction of sp³-hybridized carbons (Fsp3) is 0.640. The molecule has 0 spiro atoms. The predicted octanol–water partition coefficient (Wildman–Crippen LogP) is 4.23. The summed E-state index contributed by atoms with van der Waals surface area (Å²) >= 11 is 0. The number of aromatic amines is 1. The summed E-state index contributed by atoms with van der Waals surface area (Å²) < 4.78 is 5.32. The lowest BCUT2D eigenvalue weighted by molar-refractivity contribution is -0.133. The molecule has 0 aliphatic carbocycles. The first-order valence-electron chi connectivity index (χ1n) is 11.8. The van der Waals surface area contributed by atoms with Crippen LogP contribution in [0.2, 0.25) is 0 Å². The number of hydrogen-bond acceptors (Lipinski definition) is 3. The number of carbonyl (C=O) groups excluding carboxylic acids is 1. The highest BCUT2D eigenvalue weighted by molar-refractivity contribution is 5.83. The molecule has 2 unspecified atom stereocenters. The molecule has 0 radical (unpaired) electrons. The molecule has 1 N–H and O–H groups in total. The SMILES string of the molecule is COCCN(CC1CCCN2CCCCC12)C(=O)CCCc1c[nH]c2ccccc12. The smallest absolute Gasteiger partial charge is 0.222 e. The van der Waals surface area contributed by atoms with Gasteiger partial charge in [-0.15, -0.1) is 0 Å². The van der Waals surface area contributed by atoms with Crippen molar-refractivity contribution >= 4 is 16.8 Å². The number of nitrogens with one attached hydrogen (secondary N) is 1. The van der Waals surface area contributed by atoms with Crippen LogP contribution < -0.4 is 0 Å². The summed E-state index contributed by atoms with van der Waals surface area (Å²) in [6.07, 6.45) is 11.1. The Bertz CT molecular complexity index is 816. The Hall–Kier alpha value is -1.85. The molecule has 164 valence electrons. The maximum absolute atomic E-state index is 13.1. The van der Waals surface area contributed by atoms with Gasteiger partial charge in [0.1, 0.15) is 0 Å². The Morgan fingerprint density at radius 2 is 2.07 bits per heavy atom. The lowest BCUT2D eigenvalue weighted by atomic mass is 9.83. The number of para-hydroxylation sites is 1. The zero-order valence-corrected chi connectivity index (χ0v) is 18.4. The van der Waals surface area contributed by atoms with E-state index in [4.69, 9.17) is 4.74 Å². The number of aromatic nitrogens is 1. The molecule has 2 aliphatic rings. The monoisotopic (exact) mass is 411 g/mol. The molecule has 1 aromatic heterocycles. The molecular weight excluding hydrogens is 374 g/mol. The molecule has 5 heteroatoms. The molecule has 2 aliphatic heterocycles. The second-order valence-corrected chi connectivity index (χ2v) is 9.05. The van der Waals surface area contributed by atoms with Gasteiger partial charge in [0.25, 0.3) is 0 Å². The number of aryl methyl sites for hydroxylation is 1. The molecule has 2 fully saturated rings. The Balaban J connectivity index is 1.33. The molecule has 2 saturated heterocycles. The lowest BCUT2D eigenvalue weighted by Crippen LogP contribution is -2.52. The normalized spacial score (nSPS) is 22.2. The predicted molar refractivity (Wildman–Crippen MR) is 122 cm³/mol. The number of benzene rings is 1. The van der Waals surface area contributed by atoms with Crippen molar-refractivity contribution in [3.05, 3.63) is 36.0 Å². The van der Waals surface area contributed by atoms with Crippen molar-refractivity contribution in [3.63, 3.8) is 0 Å². The van der Waals surface area contributed by atoms with Crippen molar-refractivity contribution in [1.82, 2.24) is 14.8 Å². The Morgan fingerprint density at radius 3 is 2.97 bits per heavy atom. The van der Waals surface area contributed by atoms with Gasteiger partial charge in [-0.1, -0.05) is 24.6 Å². The first-order valence-corrected chi connectivity index (χ1v) is 11.8. The van der Waals surface area contributed by atoms with Gasteiger partial charge in [0.2, 0.25) is 5.91 Å². The highest BCUT2D eigenvalue weighted by atomic mass is 16.5. The van der Waals surface area contributed by atoms with Gasteiger partial charge in [0.05, 0.1) is 6.61 Å². The maximum Gasteiger partial charge on any atom is 0.222 e. The van der Waals surface area contributed by atoms with E-state index in [-0.39, 0.29) is 0 Å². The number of hydrogen-bond donors (Lipinski definition) is 1. The van der Waals surface area contributed by atoms with Crippen LogP contribution in [0, 0.1) is 5.92 Å². The van der Waals surface area contributed by atoms with Gasteiger partial charge < -0.3 is 19.5 Å². The second kappa shape index (κ2) is 10.5. The summed E-state index contributed by atoms with van der Waals surface area (Å²) in [4.78, 5) is 21.3. The molecule has 2 aromatic rings. The highest BCUT2D eigenvalue weighted by Crippen LogP contribution is 2.31. The van der Waals surface area contributed by atoms with Crippen molar-refractivity contribution in [3.8, 4) is 0 Å². The van der Waals surface area contributed by atoms with Gasteiger partial charge in [0.15, 0.2) is 0 Å². The van der Waals surface area contributed by atoms with Crippen molar-refractivity contribution in [2.24, 2.45) is 5.92 Å². The van der Waals surface area contributed by atoms with E-state index in [1.165, 1.54) is 61.7 Å². The second-order valence-electron chi connectivity index (χ2n) is 9.05. The van der Waals surface area contributed by atoms with Gasteiger partial charge in [0, 0.05) is 49.8 Å². The highest BCUT2D eigenvalue weighted by Gasteiger charge is 2.34. The molecule has 3 heterocycles. The Kier molecular flexibility index (Phi) is 7.45. The van der Waals surface area contributed by atoms with Crippen LogP contribution in [-0.2, 0) is 16.0 Å². The zero-order valence-electron chi connectivity index (χ0n) is 18.4. The maximum atomic E-state index is 13.1. The van der Waals surface area contributed by atoms with Gasteiger partial charge >= 0.3 is 0 Å². The van der Waals surface area contributed by atoms with Crippen LogP contribution in [0.3, 0.4) is 0 Å². The summed E-state index contributed by atoms with van der Waals surface area (Å²) in [6, 6.07) is 9.08. The van der Waals surface area contributed by atoms with Crippen LogP contribution in [0.15, 0.2) is 30.5 Å². The molecule has 2 atom stereocenters. The molecule has 0 saturated carbocycles. The number of carbonyl (C=O) groups is 1. The van der Waals surface area contributed by atoms with Crippen molar-refractivity contribution in [1.29, 1.82) is 0 Å². The van der Waals surface area contributed by atoms with Gasteiger partial charge in [-0.3, -0.25) is 4.79 Å². The fourth-order valence-electron chi connectivity index (χ4n) is 5.52. The number of methoxy groups -OCH3 is 1. The number of piperidine rings is 2. The van der Waals surface area contributed by atoms with Crippen LogP contribution in [0.4, 0.5) is 0 Å². The third-order valence-corrected chi connectivity index (χ3v) is 7.11. The average molecular weight is 412 g/mol. The molecule has 5 nitrogen and oxygen atoms in total. The molecule has 30 heavy (non-hydrogen) atoms. The van der Waals surface area contributed by atoms with Crippen LogP contribution in [0.25, 0.3) is 10.9 Å². The summed E-state index contributed by atoms with van der Waals surface area (Å²) in [6.45, 7) is 4.73. The van der Waals surface area contributed by atoms with E-state index in [9.17, 15) is 4.79 Å².